The Morgan fingerprint density at radius 2 is 1.81 bits per heavy atom. The Bertz CT molecular complexity index is 1010. The van der Waals surface area contributed by atoms with Crippen molar-refractivity contribution >= 4 is 17.6 Å². The van der Waals surface area contributed by atoms with Gasteiger partial charge in [0.15, 0.2) is 5.82 Å². The lowest BCUT2D eigenvalue weighted by Gasteiger charge is -2.35. The fourth-order valence-corrected chi connectivity index (χ4v) is 3.64. The van der Waals surface area contributed by atoms with Gasteiger partial charge in [0.25, 0.3) is 0 Å². The maximum atomic E-state index is 12.5. The van der Waals surface area contributed by atoms with Crippen molar-refractivity contribution in [3.63, 3.8) is 0 Å². The van der Waals surface area contributed by atoms with Gasteiger partial charge in [0.1, 0.15) is 5.82 Å². The molecular weight excluding hydrogens is 402 g/mol. The summed E-state index contributed by atoms with van der Waals surface area (Å²) in [4.78, 5) is 11.1. The van der Waals surface area contributed by atoms with Crippen molar-refractivity contribution in [2.75, 3.05) is 23.3 Å². The smallest absolute Gasteiger partial charge is 0.242 e. The zero-order valence-corrected chi connectivity index (χ0v) is 17.4. The molecule has 0 saturated carbocycles. The molecule has 7 nitrogen and oxygen atoms in total. The number of nitrogens with zero attached hydrogens (tertiary/aromatic N) is 5. The van der Waals surface area contributed by atoms with E-state index in [4.69, 9.17) is 4.74 Å². The van der Waals surface area contributed by atoms with Crippen LogP contribution in [0.1, 0.15) is 19.4 Å². The third-order valence-corrected chi connectivity index (χ3v) is 4.93. The fourth-order valence-electron chi connectivity index (χ4n) is 3.64. The standard InChI is InChI=1S/C22H24F2N6O/c1-14-12-30(13-15(2)31-14)22-25-8-7-20(28-22)27-21-10-18(11-26-29-21)17-5-3-16(4-6-17)9-19(23)24/h3-8,10-11,14-15,19H,9,12-13H2,1-2H3,(H,25,27,28,29)/t14-,15+. The lowest BCUT2D eigenvalue weighted by molar-refractivity contribution is -0.00571. The number of hydrogen-bond acceptors (Lipinski definition) is 7. The molecule has 3 heterocycles. The Labute approximate surface area is 179 Å². The SMILES string of the molecule is C[C@@H]1CN(c2nccc(Nc3cc(-c4ccc(CC(F)F)cc4)cnn3)n2)C[C@H](C)O1. The molecule has 1 aliphatic rings. The van der Waals surface area contributed by atoms with E-state index in [1.54, 1.807) is 30.6 Å². The van der Waals surface area contributed by atoms with Crippen LogP contribution in [-0.2, 0) is 11.2 Å². The van der Waals surface area contributed by atoms with Gasteiger partial charge in [-0.1, -0.05) is 24.3 Å². The number of alkyl halides is 2. The highest BCUT2D eigenvalue weighted by atomic mass is 19.3. The van der Waals surface area contributed by atoms with Crippen LogP contribution in [0.2, 0.25) is 0 Å². The molecule has 1 N–H and O–H groups in total. The quantitative estimate of drug-likeness (QED) is 0.636. The molecule has 1 aromatic carbocycles. The number of anilines is 3. The molecule has 1 fully saturated rings. The Kier molecular flexibility index (Phi) is 6.31. The minimum absolute atomic E-state index is 0.110. The van der Waals surface area contributed by atoms with Crippen molar-refractivity contribution < 1.29 is 13.5 Å². The second kappa shape index (κ2) is 9.30. The van der Waals surface area contributed by atoms with Crippen LogP contribution in [0.15, 0.2) is 48.8 Å². The third-order valence-electron chi connectivity index (χ3n) is 4.93. The van der Waals surface area contributed by atoms with Gasteiger partial charge in [-0.3, -0.25) is 0 Å². The topological polar surface area (TPSA) is 76.1 Å². The molecule has 1 aliphatic heterocycles. The number of halogens is 2. The van der Waals surface area contributed by atoms with Crippen molar-refractivity contribution in [2.45, 2.75) is 38.9 Å². The third kappa shape index (κ3) is 5.49. The van der Waals surface area contributed by atoms with E-state index in [1.165, 1.54) is 0 Å². The summed E-state index contributed by atoms with van der Waals surface area (Å²) in [5.41, 5.74) is 2.29. The number of rotatable bonds is 6. The average molecular weight is 426 g/mol. The van der Waals surface area contributed by atoms with Gasteiger partial charge < -0.3 is 15.0 Å². The second-order valence-electron chi connectivity index (χ2n) is 7.65. The van der Waals surface area contributed by atoms with Gasteiger partial charge in [0, 0.05) is 31.3 Å². The van der Waals surface area contributed by atoms with E-state index >= 15 is 0 Å². The molecule has 0 aliphatic carbocycles. The first-order valence-electron chi connectivity index (χ1n) is 10.2. The van der Waals surface area contributed by atoms with E-state index in [0.29, 0.717) is 23.1 Å². The van der Waals surface area contributed by atoms with Crippen LogP contribution >= 0.6 is 0 Å². The normalized spacial score (nSPS) is 18.9. The Morgan fingerprint density at radius 3 is 2.52 bits per heavy atom. The van der Waals surface area contributed by atoms with E-state index in [1.807, 2.05) is 32.0 Å². The maximum Gasteiger partial charge on any atom is 0.242 e. The Balaban J connectivity index is 1.49. The largest absolute Gasteiger partial charge is 0.372 e. The van der Waals surface area contributed by atoms with Gasteiger partial charge in [-0.05, 0) is 37.1 Å². The van der Waals surface area contributed by atoms with Gasteiger partial charge in [-0.25, -0.2) is 13.8 Å². The molecular formula is C22H24F2N6O. The zero-order chi connectivity index (χ0) is 21.8. The number of ether oxygens (including phenoxy) is 1. The van der Waals surface area contributed by atoms with Crippen molar-refractivity contribution in [2.24, 2.45) is 0 Å². The Morgan fingerprint density at radius 1 is 1.06 bits per heavy atom. The van der Waals surface area contributed by atoms with Crippen LogP contribution < -0.4 is 10.2 Å². The van der Waals surface area contributed by atoms with Crippen LogP contribution in [0, 0.1) is 0 Å². The van der Waals surface area contributed by atoms with Gasteiger partial charge in [0.05, 0.1) is 18.4 Å². The molecule has 0 radical (unpaired) electrons. The molecule has 2 aromatic heterocycles. The monoisotopic (exact) mass is 426 g/mol. The predicted octanol–water partition coefficient (Wildman–Crippen LogP) is 4.10. The van der Waals surface area contributed by atoms with Gasteiger partial charge in [-0.15, -0.1) is 5.10 Å². The summed E-state index contributed by atoms with van der Waals surface area (Å²) in [7, 11) is 0. The summed E-state index contributed by atoms with van der Waals surface area (Å²) in [6, 6.07) is 10.6. The molecule has 0 unspecified atom stereocenters. The molecule has 3 aromatic rings. The van der Waals surface area contributed by atoms with Crippen molar-refractivity contribution in [3.8, 4) is 11.1 Å². The van der Waals surface area contributed by atoms with Crippen LogP contribution in [0.5, 0.6) is 0 Å². The number of aromatic nitrogens is 4. The summed E-state index contributed by atoms with van der Waals surface area (Å²) in [5, 5.41) is 11.4. The maximum absolute atomic E-state index is 12.5. The molecule has 1 saturated heterocycles. The van der Waals surface area contributed by atoms with Crippen LogP contribution in [-0.4, -0.2) is 51.9 Å². The second-order valence-corrected chi connectivity index (χ2v) is 7.65. The Hall–Kier alpha value is -3.20. The summed E-state index contributed by atoms with van der Waals surface area (Å²) < 4.78 is 30.9. The van der Waals surface area contributed by atoms with Crippen LogP contribution in [0.25, 0.3) is 11.1 Å². The summed E-state index contributed by atoms with van der Waals surface area (Å²) in [5.74, 6) is 1.77. The molecule has 2 atom stereocenters. The van der Waals surface area contributed by atoms with Crippen molar-refractivity contribution in [1.29, 1.82) is 0 Å². The summed E-state index contributed by atoms with van der Waals surface area (Å²) in [6.45, 7) is 5.52. The fraction of sp³-hybridized carbons (Fsp3) is 0.364. The number of nitrogens with one attached hydrogen (secondary N) is 1. The molecule has 9 heteroatoms. The number of hydrogen-bond donors (Lipinski definition) is 1. The lowest BCUT2D eigenvalue weighted by Crippen LogP contribution is -2.46. The molecule has 162 valence electrons. The first kappa shape index (κ1) is 21.0. The average Bonchev–Trinajstić information content (AvgIpc) is 2.74. The summed E-state index contributed by atoms with van der Waals surface area (Å²) in [6.07, 6.45) is 0.949. The van der Waals surface area contributed by atoms with Gasteiger partial charge in [-0.2, -0.15) is 10.1 Å². The minimum atomic E-state index is -2.36. The molecule has 31 heavy (non-hydrogen) atoms. The first-order chi connectivity index (χ1) is 15.0. The molecule has 4 rings (SSSR count). The van der Waals surface area contributed by atoms with Gasteiger partial charge in [0.2, 0.25) is 12.4 Å². The predicted molar refractivity (Wildman–Crippen MR) is 115 cm³/mol. The van der Waals surface area contributed by atoms with Crippen molar-refractivity contribution in [3.05, 3.63) is 54.4 Å². The molecule has 0 amide bonds. The first-order valence-corrected chi connectivity index (χ1v) is 10.2. The van der Waals surface area contributed by atoms with E-state index < -0.39 is 6.43 Å². The highest BCUT2D eigenvalue weighted by Crippen LogP contribution is 2.24. The summed E-state index contributed by atoms with van der Waals surface area (Å²) >= 11 is 0. The van der Waals surface area contributed by atoms with Crippen LogP contribution in [0.3, 0.4) is 0 Å². The van der Waals surface area contributed by atoms with E-state index in [0.717, 1.165) is 24.2 Å². The van der Waals surface area contributed by atoms with E-state index in [9.17, 15) is 8.78 Å². The number of benzene rings is 1. The number of morpholine rings is 1. The van der Waals surface area contributed by atoms with E-state index in [-0.39, 0.29) is 18.6 Å². The minimum Gasteiger partial charge on any atom is -0.372 e. The van der Waals surface area contributed by atoms with Gasteiger partial charge >= 0.3 is 0 Å². The highest BCUT2D eigenvalue weighted by Gasteiger charge is 2.24. The van der Waals surface area contributed by atoms with Crippen LogP contribution in [0.4, 0.5) is 26.4 Å². The van der Waals surface area contributed by atoms with E-state index in [2.05, 4.69) is 30.4 Å². The zero-order valence-electron chi connectivity index (χ0n) is 17.4. The molecule has 0 bridgehead atoms. The highest BCUT2D eigenvalue weighted by molar-refractivity contribution is 5.67. The molecule has 0 spiro atoms. The van der Waals surface area contributed by atoms with Crippen molar-refractivity contribution in [1.82, 2.24) is 20.2 Å². The lowest BCUT2D eigenvalue weighted by atomic mass is 10.0.